The fourth-order valence-corrected chi connectivity index (χ4v) is 4.34. The minimum Gasteiger partial charge on any atom is -0.255 e. The first kappa shape index (κ1) is 23.0. The highest BCUT2D eigenvalue weighted by molar-refractivity contribution is 5.84. The Morgan fingerprint density at radius 1 is 1.10 bits per heavy atom. The molecule has 0 atom stereocenters. The highest BCUT2D eigenvalue weighted by atomic mass is 14.7. The molecule has 3 rings (SSSR count). The minimum atomic E-state index is 0.804. The summed E-state index contributed by atoms with van der Waals surface area (Å²) in [5.74, 6) is 0.804. The van der Waals surface area contributed by atoms with Crippen LogP contribution in [0.4, 0.5) is 0 Å². The second kappa shape index (κ2) is 11.6. The van der Waals surface area contributed by atoms with Crippen LogP contribution in [-0.4, -0.2) is 4.98 Å². The van der Waals surface area contributed by atoms with E-state index in [0.717, 1.165) is 35.6 Å². The maximum Gasteiger partial charge on any atom is 0.0780 e. The summed E-state index contributed by atoms with van der Waals surface area (Å²) < 4.78 is 0. The molecule has 0 aliphatic heterocycles. The van der Waals surface area contributed by atoms with E-state index in [9.17, 15) is 0 Å². The zero-order valence-corrected chi connectivity index (χ0v) is 19.5. The van der Waals surface area contributed by atoms with Gasteiger partial charge in [0.2, 0.25) is 0 Å². The number of allylic oxidation sites excluding steroid dienone is 6. The molecule has 1 aliphatic rings. The molecule has 1 fully saturated rings. The highest BCUT2D eigenvalue weighted by Gasteiger charge is 2.16. The molecule has 1 saturated carbocycles. The van der Waals surface area contributed by atoms with Crippen molar-refractivity contribution in [1.29, 1.82) is 0 Å². The lowest BCUT2D eigenvalue weighted by molar-refractivity contribution is 0.356. The van der Waals surface area contributed by atoms with E-state index in [1.807, 2.05) is 6.08 Å². The predicted molar refractivity (Wildman–Crippen MR) is 137 cm³/mol. The van der Waals surface area contributed by atoms with Crippen LogP contribution in [0.15, 0.2) is 73.0 Å². The predicted octanol–water partition coefficient (Wildman–Crippen LogP) is 8.83. The largest absolute Gasteiger partial charge is 0.255 e. The topological polar surface area (TPSA) is 12.9 Å². The molecule has 1 heteroatoms. The molecule has 1 nitrogen and oxygen atoms in total. The van der Waals surface area contributed by atoms with Gasteiger partial charge < -0.3 is 0 Å². The summed E-state index contributed by atoms with van der Waals surface area (Å²) in [5.41, 5.74) is 8.51. The molecule has 162 valence electrons. The van der Waals surface area contributed by atoms with Crippen LogP contribution < -0.4 is 0 Å². The fraction of sp³-hybridized carbons (Fsp3) is 0.367. The van der Waals surface area contributed by atoms with E-state index < -0.39 is 0 Å². The van der Waals surface area contributed by atoms with E-state index in [4.69, 9.17) is 4.98 Å². The first-order valence-electron chi connectivity index (χ1n) is 11.9. The standard InChI is InChI=1S/C30H37N/c1-5-11-28(17-14-23(4)6-2)30-29(27-18-15-24(7-3)16-19-27)21-26(22-31-30)20-25-12-9-8-10-13-25/h5,7,11,14-19,21-22,25H,3,6,8-10,12-13,20H2,1-2,4H3/b11-5-,23-14+,28-17+. The fourth-order valence-electron chi connectivity index (χ4n) is 4.34. The van der Waals surface area contributed by atoms with Gasteiger partial charge in [-0.15, -0.1) is 0 Å². The van der Waals surface area contributed by atoms with Crippen molar-refractivity contribution < 1.29 is 0 Å². The van der Waals surface area contributed by atoms with Crippen LogP contribution in [0.3, 0.4) is 0 Å². The lowest BCUT2D eigenvalue weighted by Gasteiger charge is -2.22. The quantitative estimate of drug-likeness (QED) is 0.395. The van der Waals surface area contributed by atoms with Gasteiger partial charge >= 0.3 is 0 Å². The number of nitrogens with zero attached hydrogens (tertiary/aromatic N) is 1. The van der Waals surface area contributed by atoms with Gasteiger partial charge in [-0.25, -0.2) is 0 Å². The molecule has 1 aromatic carbocycles. The summed E-state index contributed by atoms with van der Waals surface area (Å²) in [6.07, 6.45) is 21.8. The maximum atomic E-state index is 5.02. The Labute approximate surface area is 189 Å². The highest BCUT2D eigenvalue weighted by Crippen LogP contribution is 2.32. The molecule has 1 heterocycles. The second-order valence-corrected chi connectivity index (χ2v) is 8.76. The van der Waals surface area contributed by atoms with Crippen molar-refractivity contribution in [2.45, 2.75) is 65.7 Å². The molecule has 2 aromatic rings. The first-order chi connectivity index (χ1) is 15.1. The molecule has 0 amide bonds. The normalized spacial score (nSPS) is 16.1. The van der Waals surface area contributed by atoms with E-state index in [1.165, 1.54) is 54.4 Å². The van der Waals surface area contributed by atoms with Gasteiger partial charge in [0.1, 0.15) is 0 Å². The van der Waals surface area contributed by atoms with Crippen LogP contribution in [-0.2, 0) is 6.42 Å². The van der Waals surface area contributed by atoms with Crippen LogP contribution in [0.2, 0.25) is 0 Å². The molecule has 0 N–H and O–H groups in total. The van der Waals surface area contributed by atoms with Crippen LogP contribution in [0, 0.1) is 5.92 Å². The molecule has 0 saturated heterocycles. The van der Waals surface area contributed by atoms with E-state index in [0.29, 0.717) is 0 Å². The summed E-state index contributed by atoms with van der Waals surface area (Å²) in [5, 5.41) is 0. The molecule has 0 spiro atoms. The van der Waals surface area contributed by atoms with E-state index >= 15 is 0 Å². The van der Waals surface area contributed by atoms with Crippen molar-refractivity contribution in [3.63, 3.8) is 0 Å². The molecular weight excluding hydrogens is 374 g/mol. The summed E-state index contributed by atoms with van der Waals surface area (Å²) in [6.45, 7) is 10.3. The van der Waals surface area contributed by atoms with Crippen LogP contribution in [0.5, 0.6) is 0 Å². The number of hydrogen-bond acceptors (Lipinski definition) is 1. The van der Waals surface area contributed by atoms with Crippen molar-refractivity contribution in [1.82, 2.24) is 4.98 Å². The van der Waals surface area contributed by atoms with Crippen molar-refractivity contribution in [3.8, 4) is 11.1 Å². The third-order valence-corrected chi connectivity index (χ3v) is 6.38. The molecule has 1 aliphatic carbocycles. The van der Waals surface area contributed by atoms with Crippen molar-refractivity contribution in [3.05, 3.63) is 89.8 Å². The third-order valence-electron chi connectivity index (χ3n) is 6.38. The number of pyridine rings is 1. The van der Waals surface area contributed by atoms with Gasteiger partial charge in [-0.2, -0.15) is 0 Å². The first-order valence-corrected chi connectivity index (χ1v) is 11.9. The van der Waals surface area contributed by atoms with Crippen LogP contribution >= 0.6 is 0 Å². The maximum absolute atomic E-state index is 5.02. The monoisotopic (exact) mass is 411 g/mol. The summed E-state index contributed by atoms with van der Waals surface area (Å²) in [4.78, 5) is 5.02. The lowest BCUT2D eigenvalue weighted by atomic mass is 9.84. The average Bonchev–Trinajstić information content (AvgIpc) is 2.82. The molecule has 0 unspecified atom stereocenters. The summed E-state index contributed by atoms with van der Waals surface area (Å²) >= 11 is 0. The Kier molecular flexibility index (Phi) is 8.64. The molecule has 0 radical (unpaired) electrons. The van der Waals surface area contributed by atoms with Gasteiger partial charge in [-0.05, 0) is 55.4 Å². The van der Waals surface area contributed by atoms with E-state index in [-0.39, 0.29) is 0 Å². The van der Waals surface area contributed by atoms with Crippen LogP contribution in [0.25, 0.3) is 22.8 Å². The second-order valence-electron chi connectivity index (χ2n) is 8.76. The van der Waals surface area contributed by atoms with Gasteiger partial charge in [-0.3, -0.25) is 4.98 Å². The lowest BCUT2D eigenvalue weighted by Crippen LogP contribution is -2.10. The SMILES string of the molecule is C=Cc1ccc(-c2cc(CC3CCCCC3)cnc2C(/C=C\C)=C/C=C(\C)CC)cc1. The number of rotatable bonds is 8. The Hall–Kier alpha value is -2.67. The van der Waals surface area contributed by atoms with E-state index in [2.05, 4.69) is 88.2 Å². The summed E-state index contributed by atoms with van der Waals surface area (Å²) in [7, 11) is 0. The molecule has 31 heavy (non-hydrogen) atoms. The van der Waals surface area contributed by atoms with Gasteiger partial charge in [0.05, 0.1) is 5.69 Å². The van der Waals surface area contributed by atoms with Crippen LogP contribution in [0.1, 0.15) is 76.1 Å². The Morgan fingerprint density at radius 3 is 2.48 bits per heavy atom. The zero-order chi connectivity index (χ0) is 22.1. The molecule has 1 aromatic heterocycles. The smallest absolute Gasteiger partial charge is 0.0780 e. The van der Waals surface area contributed by atoms with Gasteiger partial charge in [0.25, 0.3) is 0 Å². The van der Waals surface area contributed by atoms with Gasteiger partial charge in [0.15, 0.2) is 0 Å². The molecule has 0 bridgehead atoms. The number of aromatic nitrogens is 1. The van der Waals surface area contributed by atoms with Crippen molar-refractivity contribution >= 4 is 11.6 Å². The number of benzene rings is 1. The average molecular weight is 412 g/mol. The summed E-state index contributed by atoms with van der Waals surface area (Å²) in [6, 6.07) is 11.1. The minimum absolute atomic E-state index is 0.804. The Balaban J connectivity index is 2.06. The van der Waals surface area contributed by atoms with Crippen molar-refractivity contribution in [2.75, 3.05) is 0 Å². The number of hydrogen-bond donors (Lipinski definition) is 0. The van der Waals surface area contributed by atoms with Gasteiger partial charge in [-0.1, -0.05) is 106 Å². The zero-order valence-electron chi connectivity index (χ0n) is 19.5. The Morgan fingerprint density at radius 2 is 1.84 bits per heavy atom. The van der Waals surface area contributed by atoms with Crippen molar-refractivity contribution in [2.24, 2.45) is 5.92 Å². The third kappa shape index (κ3) is 6.40. The molecular formula is C30H37N. The van der Waals surface area contributed by atoms with Gasteiger partial charge in [0, 0.05) is 17.3 Å². The van der Waals surface area contributed by atoms with E-state index in [1.54, 1.807) is 0 Å². The Bertz CT molecular complexity index is 950.